The van der Waals surface area contributed by atoms with Crippen LogP contribution in [0.4, 0.5) is 0 Å². The van der Waals surface area contributed by atoms with Gasteiger partial charge in [-0.1, -0.05) is 110 Å². The van der Waals surface area contributed by atoms with Crippen molar-refractivity contribution in [2.75, 3.05) is 0 Å². The monoisotopic (exact) mass is 429 g/mol. The normalized spacial score (nSPS) is 16.5. The van der Waals surface area contributed by atoms with Crippen LogP contribution in [0.15, 0.2) is 109 Å². The van der Waals surface area contributed by atoms with Crippen LogP contribution in [0.25, 0.3) is 27.8 Å². The minimum Gasteiger partial charge on any atom is -0.305 e. The maximum Gasteiger partial charge on any atom is 0.0361 e. The van der Waals surface area contributed by atoms with Gasteiger partial charge in [0.1, 0.15) is 0 Å². The summed E-state index contributed by atoms with van der Waals surface area (Å²) in [6, 6.07) is 27.7. The zero-order valence-electron chi connectivity index (χ0n) is 19.7. The minimum atomic E-state index is 0.560. The summed E-state index contributed by atoms with van der Waals surface area (Å²) in [4.78, 5) is 0. The van der Waals surface area contributed by atoms with Crippen molar-refractivity contribution < 1.29 is 0 Å². The Balaban J connectivity index is 1.61. The number of hydrogen-bond acceptors (Lipinski definition) is 1. The Kier molecular flexibility index (Phi) is 7.00. The zero-order valence-corrected chi connectivity index (χ0v) is 19.7. The highest BCUT2D eigenvalue weighted by Crippen LogP contribution is 2.29. The summed E-state index contributed by atoms with van der Waals surface area (Å²) in [5.74, 6) is 0.588. The summed E-state index contributed by atoms with van der Waals surface area (Å²) in [6.07, 6.45) is 12.2. The third-order valence-electron chi connectivity index (χ3n) is 6.14. The molecule has 4 rings (SSSR count). The van der Waals surface area contributed by atoms with Crippen molar-refractivity contribution in [1.29, 1.82) is 5.41 Å². The van der Waals surface area contributed by atoms with Gasteiger partial charge in [-0.05, 0) is 71.2 Å². The van der Waals surface area contributed by atoms with Crippen molar-refractivity contribution in [2.24, 2.45) is 5.92 Å². The fourth-order valence-electron chi connectivity index (χ4n) is 4.26. The van der Waals surface area contributed by atoms with Crippen LogP contribution < -0.4 is 0 Å². The SMILES string of the molecule is C/C=C(\C=C(/C(C)=N)c1ccc(-c2ccccc2)cc1)c1ccc(C2=CC(C)CC=C2)cc1. The predicted octanol–water partition coefficient (Wildman–Crippen LogP) is 8.86. The highest BCUT2D eigenvalue weighted by molar-refractivity contribution is 6.23. The van der Waals surface area contributed by atoms with E-state index in [1.54, 1.807) is 0 Å². The topological polar surface area (TPSA) is 23.9 Å². The maximum absolute atomic E-state index is 8.41. The van der Waals surface area contributed by atoms with Gasteiger partial charge >= 0.3 is 0 Å². The van der Waals surface area contributed by atoms with Crippen LogP contribution in [0.1, 0.15) is 43.9 Å². The minimum absolute atomic E-state index is 0.560. The third kappa shape index (κ3) is 5.38. The smallest absolute Gasteiger partial charge is 0.0361 e. The van der Waals surface area contributed by atoms with Gasteiger partial charge in [-0.3, -0.25) is 0 Å². The summed E-state index contributed by atoms with van der Waals surface area (Å²) in [5, 5.41) is 8.41. The average Bonchev–Trinajstić information content (AvgIpc) is 2.85. The molecule has 0 amide bonds. The van der Waals surface area contributed by atoms with E-state index in [4.69, 9.17) is 5.41 Å². The van der Waals surface area contributed by atoms with Gasteiger partial charge in [0.2, 0.25) is 0 Å². The van der Waals surface area contributed by atoms with Crippen molar-refractivity contribution in [2.45, 2.75) is 27.2 Å². The van der Waals surface area contributed by atoms with Crippen LogP contribution in [-0.2, 0) is 0 Å². The quantitative estimate of drug-likeness (QED) is 0.299. The fraction of sp³-hybridized carbons (Fsp3) is 0.156. The third-order valence-corrected chi connectivity index (χ3v) is 6.14. The Labute approximate surface area is 198 Å². The Bertz CT molecular complexity index is 1230. The molecule has 0 spiro atoms. The lowest BCUT2D eigenvalue weighted by molar-refractivity contribution is 0.740. The Morgan fingerprint density at radius 1 is 0.818 bits per heavy atom. The Morgan fingerprint density at radius 3 is 2.03 bits per heavy atom. The number of allylic oxidation sites excluding steroid dienone is 8. The lowest BCUT2D eigenvalue weighted by atomic mass is 9.91. The van der Waals surface area contributed by atoms with E-state index in [9.17, 15) is 0 Å². The van der Waals surface area contributed by atoms with Gasteiger partial charge in [0.05, 0.1) is 0 Å². The molecule has 3 aromatic carbocycles. The molecule has 33 heavy (non-hydrogen) atoms. The second-order valence-electron chi connectivity index (χ2n) is 8.69. The summed E-state index contributed by atoms with van der Waals surface area (Å²) >= 11 is 0. The molecule has 0 aromatic heterocycles. The highest BCUT2D eigenvalue weighted by atomic mass is 14.4. The number of benzene rings is 3. The van der Waals surface area contributed by atoms with Crippen LogP contribution in [0, 0.1) is 11.3 Å². The molecular weight excluding hydrogens is 398 g/mol. The summed E-state index contributed by atoms with van der Waals surface area (Å²) in [7, 11) is 0. The van der Waals surface area contributed by atoms with Gasteiger partial charge in [0.25, 0.3) is 0 Å². The average molecular weight is 430 g/mol. The lowest BCUT2D eigenvalue weighted by Crippen LogP contribution is -1.97. The second-order valence-corrected chi connectivity index (χ2v) is 8.69. The molecule has 1 atom stereocenters. The van der Waals surface area contributed by atoms with Gasteiger partial charge in [0, 0.05) is 11.3 Å². The van der Waals surface area contributed by atoms with Crippen molar-refractivity contribution in [1.82, 2.24) is 0 Å². The molecule has 0 fully saturated rings. The second kappa shape index (κ2) is 10.3. The Hall–Kier alpha value is -3.71. The lowest BCUT2D eigenvalue weighted by Gasteiger charge is -2.14. The van der Waals surface area contributed by atoms with E-state index in [-0.39, 0.29) is 0 Å². The molecule has 0 heterocycles. The molecule has 1 heteroatoms. The maximum atomic E-state index is 8.41. The molecule has 1 nitrogen and oxygen atoms in total. The fourth-order valence-corrected chi connectivity index (χ4v) is 4.26. The van der Waals surface area contributed by atoms with Gasteiger partial charge in [0.15, 0.2) is 0 Å². The van der Waals surface area contributed by atoms with Gasteiger partial charge in [-0.2, -0.15) is 0 Å². The molecule has 0 saturated heterocycles. The summed E-state index contributed by atoms with van der Waals surface area (Å²) < 4.78 is 0. The van der Waals surface area contributed by atoms with Crippen LogP contribution in [0.3, 0.4) is 0 Å². The molecule has 0 radical (unpaired) electrons. The van der Waals surface area contributed by atoms with E-state index in [0.717, 1.165) is 28.7 Å². The van der Waals surface area contributed by atoms with Crippen LogP contribution in [-0.4, -0.2) is 5.71 Å². The van der Waals surface area contributed by atoms with E-state index < -0.39 is 0 Å². The highest BCUT2D eigenvalue weighted by Gasteiger charge is 2.10. The van der Waals surface area contributed by atoms with Gasteiger partial charge in [-0.15, -0.1) is 0 Å². The molecule has 3 aromatic rings. The first-order chi connectivity index (χ1) is 16.0. The van der Waals surface area contributed by atoms with E-state index in [0.29, 0.717) is 11.6 Å². The van der Waals surface area contributed by atoms with E-state index in [1.807, 2.05) is 13.0 Å². The molecular formula is C32H31N. The molecule has 0 bridgehead atoms. The van der Waals surface area contributed by atoms with Crippen molar-refractivity contribution >= 4 is 22.4 Å². The first-order valence-electron chi connectivity index (χ1n) is 11.6. The zero-order chi connectivity index (χ0) is 23.2. The van der Waals surface area contributed by atoms with Gasteiger partial charge < -0.3 is 5.41 Å². The number of hydrogen-bond donors (Lipinski definition) is 1. The van der Waals surface area contributed by atoms with Crippen LogP contribution in [0.5, 0.6) is 0 Å². The van der Waals surface area contributed by atoms with E-state index in [2.05, 4.69) is 117 Å². The number of rotatable bonds is 6. The summed E-state index contributed by atoms with van der Waals surface area (Å²) in [5.41, 5.74) is 9.78. The molecule has 1 unspecified atom stereocenters. The van der Waals surface area contributed by atoms with Crippen LogP contribution in [0.2, 0.25) is 0 Å². The molecule has 1 aliphatic carbocycles. The van der Waals surface area contributed by atoms with E-state index in [1.165, 1.54) is 22.3 Å². The van der Waals surface area contributed by atoms with Gasteiger partial charge in [-0.25, -0.2) is 0 Å². The number of nitrogens with one attached hydrogen (secondary N) is 1. The molecule has 1 aliphatic rings. The molecule has 164 valence electrons. The van der Waals surface area contributed by atoms with Crippen molar-refractivity contribution in [3.8, 4) is 11.1 Å². The predicted molar refractivity (Wildman–Crippen MR) is 144 cm³/mol. The van der Waals surface area contributed by atoms with E-state index >= 15 is 0 Å². The Morgan fingerprint density at radius 2 is 1.42 bits per heavy atom. The molecule has 0 saturated carbocycles. The molecule has 0 aliphatic heterocycles. The van der Waals surface area contributed by atoms with Crippen molar-refractivity contribution in [3.05, 3.63) is 126 Å². The first kappa shape index (κ1) is 22.5. The first-order valence-corrected chi connectivity index (χ1v) is 11.6. The summed E-state index contributed by atoms with van der Waals surface area (Å²) in [6.45, 7) is 6.17. The molecule has 1 N–H and O–H groups in total. The largest absolute Gasteiger partial charge is 0.305 e. The van der Waals surface area contributed by atoms with Crippen molar-refractivity contribution in [3.63, 3.8) is 0 Å². The van der Waals surface area contributed by atoms with Crippen LogP contribution >= 0.6 is 0 Å². The standard InChI is InChI=1S/C32H31N/c1-4-25(27-13-15-29(16-14-27)31-12-8-9-23(2)21-31)22-32(24(3)33)30-19-17-28(18-20-30)26-10-6-5-7-11-26/h4-8,10-23,33H,9H2,1-3H3/b25-4+,32-22+,33-24?.